The van der Waals surface area contributed by atoms with Crippen molar-refractivity contribution in [2.45, 2.75) is 37.9 Å². The number of aromatic nitrogens is 2. The normalized spacial score (nSPS) is 26.6. The van der Waals surface area contributed by atoms with Gasteiger partial charge in [0.1, 0.15) is 18.0 Å². The fraction of sp³-hybridized carbons (Fsp3) is 0.353. The Hall–Kier alpha value is -2.71. The maximum Gasteiger partial charge on any atom is 0.313 e. The van der Waals surface area contributed by atoms with Crippen molar-refractivity contribution in [3.63, 3.8) is 0 Å². The van der Waals surface area contributed by atoms with Crippen LogP contribution in [-0.2, 0) is 9.53 Å². The molecule has 8 heteroatoms. The van der Waals surface area contributed by atoms with Crippen molar-refractivity contribution in [2.75, 3.05) is 0 Å². The van der Waals surface area contributed by atoms with Crippen LogP contribution in [-0.4, -0.2) is 38.9 Å². The predicted molar refractivity (Wildman–Crippen MR) is 84.3 cm³/mol. The highest BCUT2D eigenvalue weighted by Crippen LogP contribution is 2.40. The summed E-state index contributed by atoms with van der Waals surface area (Å²) in [5, 5.41) is 10.4. The Morgan fingerprint density at radius 2 is 2.12 bits per heavy atom. The number of aliphatic hydroxyl groups is 1. The summed E-state index contributed by atoms with van der Waals surface area (Å²) in [6.07, 6.45) is -1.69. The molecule has 1 aromatic heterocycles. The van der Waals surface area contributed by atoms with Gasteiger partial charge in [-0.1, -0.05) is 18.2 Å². The highest BCUT2D eigenvalue weighted by molar-refractivity contribution is 5.73. The third-order valence-corrected chi connectivity index (χ3v) is 4.26. The molecule has 4 rings (SSSR count). The Bertz CT molecular complexity index is 865. The number of aryl methyl sites for hydroxylation is 1. The zero-order valence-corrected chi connectivity index (χ0v) is 13.4. The summed E-state index contributed by atoms with van der Waals surface area (Å²) < 4.78 is 18.1. The Morgan fingerprint density at radius 1 is 1.36 bits per heavy atom. The molecule has 25 heavy (non-hydrogen) atoms. The minimum atomic E-state index is -1.04. The van der Waals surface area contributed by atoms with Crippen molar-refractivity contribution >= 4 is 5.97 Å². The molecule has 1 fully saturated rings. The quantitative estimate of drug-likeness (QED) is 0.642. The third-order valence-electron chi connectivity index (χ3n) is 4.26. The minimum Gasteiger partial charge on any atom is -0.453 e. The van der Waals surface area contributed by atoms with Crippen molar-refractivity contribution in [1.82, 2.24) is 9.55 Å². The molecular formula is C17H16N2O6. The minimum absolute atomic E-state index is 0.106. The van der Waals surface area contributed by atoms with E-state index in [-0.39, 0.29) is 18.0 Å². The highest BCUT2D eigenvalue weighted by Gasteiger charge is 2.51. The van der Waals surface area contributed by atoms with E-state index in [1.165, 1.54) is 0 Å². The van der Waals surface area contributed by atoms with Gasteiger partial charge in [0.05, 0.1) is 6.42 Å². The molecule has 0 aliphatic carbocycles. The first kappa shape index (κ1) is 15.8. The number of hydrogen-bond donors (Lipinski definition) is 1. The van der Waals surface area contributed by atoms with Gasteiger partial charge in [0.25, 0.3) is 5.56 Å². The monoisotopic (exact) mass is 344 g/mol. The maximum absolute atomic E-state index is 12.1. The molecule has 3 heterocycles. The van der Waals surface area contributed by atoms with E-state index in [2.05, 4.69) is 4.98 Å². The van der Waals surface area contributed by atoms with Crippen LogP contribution in [0.25, 0.3) is 0 Å². The summed E-state index contributed by atoms with van der Waals surface area (Å²) in [7, 11) is 0. The number of carbonyl (C=O) groups is 1. The molecule has 0 radical (unpaired) electrons. The average Bonchev–Trinajstić information content (AvgIpc) is 3.06. The van der Waals surface area contributed by atoms with E-state index in [9.17, 15) is 14.7 Å². The summed E-state index contributed by atoms with van der Waals surface area (Å²) in [4.78, 5) is 27.5. The molecule has 0 spiro atoms. The summed E-state index contributed by atoms with van der Waals surface area (Å²) in [6, 6.07) is 8.78. The lowest BCUT2D eigenvalue weighted by Crippen LogP contribution is -2.35. The fourth-order valence-electron chi connectivity index (χ4n) is 3.01. The summed E-state index contributed by atoms with van der Waals surface area (Å²) in [6.45, 7) is 1.63. The van der Waals surface area contributed by atoms with Gasteiger partial charge in [-0.15, -0.1) is 0 Å². The molecule has 0 bridgehead atoms. The van der Waals surface area contributed by atoms with Gasteiger partial charge in [0.15, 0.2) is 12.3 Å². The van der Waals surface area contributed by atoms with Gasteiger partial charge >= 0.3 is 12.0 Å². The first-order valence-electron chi connectivity index (χ1n) is 7.88. The second-order valence-electron chi connectivity index (χ2n) is 6.05. The summed E-state index contributed by atoms with van der Waals surface area (Å²) in [5.74, 6) is -0.0800. The highest BCUT2D eigenvalue weighted by atomic mass is 16.6. The largest absolute Gasteiger partial charge is 0.453 e. The Balaban J connectivity index is 1.47. The van der Waals surface area contributed by atoms with Crippen LogP contribution < -0.4 is 15.0 Å². The van der Waals surface area contributed by atoms with E-state index in [1.54, 1.807) is 42.0 Å². The number of carbonyl (C=O) groups excluding carboxylic acids is 1. The van der Waals surface area contributed by atoms with E-state index < -0.39 is 30.5 Å². The van der Waals surface area contributed by atoms with Gasteiger partial charge in [0.2, 0.25) is 0 Å². The third kappa shape index (κ3) is 2.79. The molecule has 4 unspecified atom stereocenters. The lowest BCUT2D eigenvalue weighted by Gasteiger charge is -2.16. The number of aliphatic hydroxyl groups excluding tert-OH is 1. The van der Waals surface area contributed by atoms with Gasteiger partial charge in [0, 0.05) is 11.8 Å². The first-order chi connectivity index (χ1) is 12.0. The molecule has 8 nitrogen and oxygen atoms in total. The molecule has 1 saturated heterocycles. The summed E-state index contributed by atoms with van der Waals surface area (Å²) in [5.41, 5.74) is 0.0572. The standard InChI is InChI=1S/C17H16N2O6/c1-9-8-19-16-14(25-17(19)18-15(9)22)13(21)11(24-16)7-12(20)23-10-5-3-2-4-6-10/h2-6,8,11,13-14,16,21H,7H2,1H3. The molecule has 0 saturated carbocycles. The van der Waals surface area contributed by atoms with Gasteiger partial charge in [-0.3, -0.25) is 14.2 Å². The van der Waals surface area contributed by atoms with Crippen molar-refractivity contribution in [1.29, 1.82) is 0 Å². The predicted octanol–water partition coefficient (Wildman–Crippen LogP) is 0.567. The van der Waals surface area contributed by atoms with Gasteiger partial charge in [-0.2, -0.15) is 4.98 Å². The molecule has 2 aliphatic heterocycles. The molecule has 2 aliphatic rings. The second kappa shape index (κ2) is 5.98. The second-order valence-corrected chi connectivity index (χ2v) is 6.05. The number of ether oxygens (including phenoxy) is 3. The number of fused-ring (bicyclic) bond motifs is 3. The lowest BCUT2D eigenvalue weighted by atomic mass is 10.1. The Morgan fingerprint density at radius 3 is 2.88 bits per heavy atom. The van der Waals surface area contributed by atoms with Crippen LogP contribution in [0.2, 0.25) is 0 Å². The van der Waals surface area contributed by atoms with E-state index >= 15 is 0 Å². The number of rotatable bonds is 3. The fourth-order valence-corrected chi connectivity index (χ4v) is 3.01. The number of esters is 1. The van der Waals surface area contributed by atoms with E-state index in [0.29, 0.717) is 11.3 Å². The van der Waals surface area contributed by atoms with E-state index in [4.69, 9.17) is 14.2 Å². The molecule has 4 atom stereocenters. The molecule has 130 valence electrons. The maximum atomic E-state index is 12.1. The van der Waals surface area contributed by atoms with Crippen LogP contribution >= 0.6 is 0 Å². The van der Waals surface area contributed by atoms with E-state index in [0.717, 1.165) is 0 Å². The van der Waals surface area contributed by atoms with Crippen molar-refractivity contribution in [2.24, 2.45) is 0 Å². The zero-order valence-electron chi connectivity index (χ0n) is 13.4. The number of nitrogens with zero attached hydrogens (tertiary/aromatic N) is 2. The van der Waals surface area contributed by atoms with Crippen LogP contribution in [0.3, 0.4) is 0 Å². The van der Waals surface area contributed by atoms with Crippen LogP contribution in [0.4, 0.5) is 0 Å². The van der Waals surface area contributed by atoms with Crippen LogP contribution in [0.5, 0.6) is 11.8 Å². The SMILES string of the molecule is Cc1cn2c(nc1=O)OC1C(O)C(CC(=O)Oc3ccccc3)OC12. The topological polar surface area (TPSA) is 99.9 Å². The molecule has 1 aromatic carbocycles. The number of hydrogen-bond acceptors (Lipinski definition) is 7. The van der Waals surface area contributed by atoms with Crippen LogP contribution in [0.15, 0.2) is 41.3 Å². The number of para-hydroxylation sites is 1. The Kier molecular flexibility index (Phi) is 3.78. The molecular weight excluding hydrogens is 328 g/mol. The first-order valence-corrected chi connectivity index (χ1v) is 7.88. The smallest absolute Gasteiger partial charge is 0.313 e. The average molecular weight is 344 g/mol. The van der Waals surface area contributed by atoms with Gasteiger partial charge in [-0.25, -0.2) is 0 Å². The van der Waals surface area contributed by atoms with Gasteiger partial charge in [-0.05, 0) is 19.1 Å². The molecule has 1 N–H and O–H groups in total. The Labute approximate surface area is 142 Å². The van der Waals surface area contributed by atoms with Crippen molar-refractivity contribution in [3.8, 4) is 11.8 Å². The lowest BCUT2D eigenvalue weighted by molar-refractivity contribution is -0.139. The zero-order chi connectivity index (χ0) is 17.6. The van der Waals surface area contributed by atoms with Gasteiger partial charge < -0.3 is 19.3 Å². The van der Waals surface area contributed by atoms with E-state index in [1.807, 2.05) is 6.07 Å². The van der Waals surface area contributed by atoms with Crippen LogP contribution in [0.1, 0.15) is 18.2 Å². The summed E-state index contributed by atoms with van der Waals surface area (Å²) >= 11 is 0. The molecule has 2 aromatic rings. The van der Waals surface area contributed by atoms with Crippen molar-refractivity contribution in [3.05, 3.63) is 52.4 Å². The van der Waals surface area contributed by atoms with Crippen molar-refractivity contribution < 1.29 is 24.1 Å². The number of benzene rings is 1. The molecule has 0 amide bonds. The van der Waals surface area contributed by atoms with Crippen LogP contribution in [0, 0.1) is 6.92 Å².